The number of rotatable bonds is 4. The van der Waals surface area contributed by atoms with Gasteiger partial charge in [-0.05, 0) is 29.8 Å². The van der Waals surface area contributed by atoms with Gasteiger partial charge in [-0.1, -0.05) is 40.2 Å². The molecule has 0 bridgehead atoms. The van der Waals surface area contributed by atoms with Crippen LogP contribution in [0.5, 0.6) is 0 Å². The van der Waals surface area contributed by atoms with Crippen molar-refractivity contribution in [3.63, 3.8) is 0 Å². The summed E-state index contributed by atoms with van der Waals surface area (Å²) in [5, 5.41) is 0. The van der Waals surface area contributed by atoms with E-state index in [1.807, 2.05) is 48.5 Å². The van der Waals surface area contributed by atoms with Gasteiger partial charge in [0.1, 0.15) is 0 Å². The summed E-state index contributed by atoms with van der Waals surface area (Å²) in [6.45, 7) is 4.16. The van der Waals surface area contributed by atoms with Crippen LogP contribution in [0.1, 0.15) is 21.5 Å². The Hall–Kier alpha value is -1.49. The predicted molar refractivity (Wildman–Crippen MR) is 90.1 cm³/mol. The number of halogens is 1. The van der Waals surface area contributed by atoms with Crippen LogP contribution in [0.3, 0.4) is 0 Å². The molecule has 4 heteroatoms. The zero-order chi connectivity index (χ0) is 15.4. The number of morpholine rings is 1. The molecule has 0 aliphatic carbocycles. The fourth-order valence-corrected chi connectivity index (χ4v) is 2.90. The average Bonchev–Trinajstić information content (AvgIpc) is 2.56. The van der Waals surface area contributed by atoms with Gasteiger partial charge in [0.2, 0.25) is 0 Å². The van der Waals surface area contributed by atoms with E-state index < -0.39 is 0 Å². The zero-order valence-corrected chi connectivity index (χ0v) is 13.9. The van der Waals surface area contributed by atoms with E-state index in [0.29, 0.717) is 0 Å². The highest BCUT2D eigenvalue weighted by atomic mass is 79.9. The SMILES string of the molecule is O=C(c1ccc(Br)cc1)c1ccccc1CN1CCOCC1. The fourth-order valence-electron chi connectivity index (χ4n) is 2.64. The highest BCUT2D eigenvalue weighted by Crippen LogP contribution is 2.19. The van der Waals surface area contributed by atoms with Crippen LogP contribution in [0, 0.1) is 0 Å². The molecule has 0 N–H and O–H groups in total. The van der Waals surface area contributed by atoms with E-state index in [9.17, 15) is 4.79 Å². The minimum Gasteiger partial charge on any atom is -0.379 e. The van der Waals surface area contributed by atoms with Gasteiger partial charge in [0.15, 0.2) is 5.78 Å². The Kier molecular flexibility index (Phi) is 5.03. The van der Waals surface area contributed by atoms with Crippen molar-refractivity contribution in [1.82, 2.24) is 4.90 Å². The van der Waals surface area contributed by atoms with Gasteiger partial charge in [0.25, 0.3) is 0 Å². The first-order valence-electron chi connectivity index (χ1n) is 7.42. The van der Waals surface area contributed by atoms with E-state index in [1.54, 1.807) is 0 Å². The lowest BCUT2D eigenvalue weighted by molar-refractivity contribution is 0.0341. The predicted octanol–water partition coefficient (Wildman–Crippen LogP) is 3.51. The number of hydrogen-bond donors (Lipinski definition) is 0. The van der Waals surface area contributed by atoms with Crippen molar-refractivity contribution in [3.8, 4) is 0 Å². The van der Waals surface area contributed by atoms with Crippen LogP contribution in [0.2, 0.25) is 0 Å². The molecule has 22 heavy (non-hydrogen) atoms. The maximum atomic E-state index is 12.8. The summed E-state index contributed by atoms with van der Waals surface area (Å²) >= 11 is 3.40. The first-order valence-corrected chi connectivity index (χ1v) is 8.21. The Labute approximate surface area is 139 Å². The van der Waals surface area contributed by atoms with Gasteiger partial charge in [-0.2, -0.15) is 0 Å². The number of nitrogens with zero attached hydrogens (tertiary/aromatic N) is 1. The molecule has 1 saturated heterocycles. The minimum atomic E-state index is 0.0800. The first kappa shape index (κ1) is 15.4. The molecule has 1 heterocycles. The summed E-state index contributed by atoms with van der Waals surface area (Å²) in [6, 6.07) is 15.4. The number of ketones is 1. The van der Waals surface area contributed by atoms with Crippen LogP contribution in [0.4, 0.5) is 0 Å². The summed E-state index contributed by atoms with van der Waals surface area (Å²) < 4.78 is 6.36. The van der Waals surface area contributed by atoms with E-state index in [-0.39, 0.29) is 5.78 Å². The van der Waals surface area contributed by atoms with Gasteiger partial charge in [0, 0.05) is 35.2 Å². The average molecular weight is 360 g/mol. The van der Waals surface area contributed by atoms with Crippen molar-refractivity contribution in [2.45, 2.75) is 6.54 Å². The highest BCUT2D eigenvalue weighted by Gasteiger charge is 2.17. The molecule has 0 unspecified atom stereocenters. The molecule has 0 radical (unpaired) electrons. The molecule has 1 aliphatic rings. The number of hydrogen-bond acceptors (Lipinski definition) is 3. The molecular weight excluding hydrogens is 342 g/mol. The van der Waals surface area contributed by atoms with E-state index in [1.165, 1.54) is 0 Å². The Bertz CT molecular complexity index is 648. The molecule has 3 nitrogen and oxygen atoms in total. The summed E-state index contributed by atoms with van der Waals surface area (Å²) in [6.07, 6.45) is 0. The monoisotopic (exact) mass is 359 g/mol. The number of ether oxygens (including phenoxy) is 1. The molecule has 2 aromatic rings. The fraction of sp³-hybridized carbons (Fsp3) is 0.278. The molecule has 3 rings (SSSR count). The largest absolute Gasteiger partial charge is 0.379 e. The lowest BCUT2D eigenvalue weighted by Gasteiger charge is -2.27. The molecule has 2 aromatic carbocycles. The van der Waals surface area contributed by atoms with Crippen LogP contribution in [-0.4, -0.2) is 37.0 Å². The Balaban J connectivity index is 1.83. The van der Waals surface area contributed by atoms with Gasteiger partial charge < -0.3 is 4.74 Å². The van der Waals surface area contributed by atoms with E-state index in [4.69, 9.17) is 4.74 Å². The van der Waals surface area contributed by atoms with Crippen LogP contribution in [-0.2, 0) is 11.3 Å². The summed E-state index contributed by atoms with van der Waals surface area (Å²) in [7, 11) is 0. The molecule has 0 saturated carbocycles. The van der Waals surface area contributed by atoms with Crippen molar-refractivity contribution in [1.29, 1.82) is 0 Å². The first-order chi connectivity index (χ1) is 10.7. The van der Waals surface area contributed by atoms with Crippen LogP contribution in [0.15, 0.2) is 53.0 Å². The van der Waals surface area contributed by atoms with Gasteiger partial charge in [-0.15, -0.1) is 0 Å². The molecule has 0 spiro atoms. The van der Waals surface area contributed by atoms with Crippen molar-refractivity contribution < 1.29 is 9.53 Å². The molecule has 1 aliphatic heterocycles. The third kappa shape index (κ3) is 3.64. The Morgan fingerprint density at radius 2 is 1.73 bits per heavy atom. The second-order valence-corrected chi connectivity index (χ2v) is 6.30. The zero-order valence-electron chi connectivity index (χ0n) is 12.3. The molecule has 0 atom stereocenters. The molecule has 0 aromatic heterocycles. The number of benzene rings is 2. The topological polar surface area (TPSA) is 29.5 Å². The maximum absolute atomic E-state index is 12.8. The van der Waals surface area contributed by atoms with E-state index >= 15 is 0 Å². The highest BCUT2D eigenvalue weighted by molar-refractivity contribution is 9.10. The lowest BCUT2D eigenvalue weighted by atomic mass is 9.98. The molecule has 1 fully saturated rings. The number of carbonyl (C=O) groups excluding carboxylic acids is 1. The second-order valence-electron chi connectivity index (χ2n) is 5.38. The Morgan fingerprint density at radius 3 is 2.45 bits per heavy atom. The van der Waals surface area contributed by atoms with Crippen molar-refractivity contribution in [2.24, 2.45) is 0 Å². The maximum Gasteiger partial charge on any atom is 0.193 e. The van der Waals surface area contributed by atoms with E-state index in [0.717, 1.165) is 54.0 Å². The van der Waals surface area contributed by atoms with E-state index in [2.05, 4.69) is 20.8 Å². The minimum absolute atomic E-state index is 0.0800. The lowest BCUT2D eigenvalue weighted by Crippen LogP contribution is -2.36. The Morgan fingerprint density at radius 1 is 1.05 bits per heavy atom. The van der Waals surface area contributed by atoms with Gasteiger partial charge in [-0.3, -0.25) is 9.69 Å². The third-order valence-electron chi connectivity index (χ3n) is 3.87. The van der Waals surface area contributed by atoms with Crippen LogP contribution >= 0.6 is 15.9 Å². The molecule has 114 valence electrons. The summed E-state index contributed by atoms with van der Waals surface area (Å²) in [4.78, 5) is 15.1. The van der Waals surface area contributed by atoms with Gasteiger partial charge in [-0.25, -0.2) is 0 Å². The van der Waals surface area contributed by atoms with Gasteiger partial charge in [0.05, 0.1) is 13.2 Å². The summed E-state index contributed by atoms with van der Waals surface area (Å²) in [5.74, 6) is 0.0800. The van der Waals surface area contributed by atoms with Crippen LogP contribution in [0.25, 0.3) is 0 Å². The van der Waals surface area contributed by atoms with Crippen molar-refractivity contribution in [2.75, 3.05) is 26.3 Å². The third-order valence-corrected chi connectivity index (χ3v) is 4.39. The normalized spacial score (nSPS) is 15.7. The number of carbonyl (C=O) groups is 1. The van der Waals surface area contributed by atoms with Crippen molar-refractivity contribution in [3.05, 3.63) is 69.7 Å². The van der Waals surface area contributed by atoms with Gasteiger partial charge >= 0.3 is 0 Å². The van der Waals surface area contributed by atoms with Crippen LogP contribution < -0.4 is 0 Å². The van der Waals surface area contributed by atoms with Crippen molar-refractivity contribution >= 4 is 21.7 Å². The molecular formula is C18H18BrNO2. The smallest absolute Gasteiger partial charge is 0.193 e. The molecule has 0 amide bonds. The summed E-state index contributed by atoms with van der Waals surface area (Å²) in [5.41, 5.74) is 2.59. The standard InChI is InChI=1S/C18H18BrNO2/c19-16-7-5-14(6-8-16)18(21)17-4-2-1-3-15(17)13-20-9-11-22-12-10-20/h1-8H,9-13H2. The second kappa shape index (κ2) is 7.18. The quantitative estimate of drug-likeness (QED) is 0.782.